The van der Waals surface area contributed by atoms with E-state index in [9.17, 15) is 9.90 Å². The summed E-state index contributed by atoms with van der Waals surface area (Å²) in [5.74, 6) is -0.336. The lowest BCUT2D eigenvalue weighted by atomic mass is 9.42. The molecule has 7 rings (SSSR count). The summed E-state index contributed by atoms with van der Waals surface area (Å²) in [5.41, 5.74) is 3.62. The van der Waals surface area contributed by atoms with Crippen molar-refractivity contribution in [3.63, 3.8) is 0 Å². The van der Waals surface area contributed by atoms with Crippen LogP contribution in [0.15, 0.2) is 24.3 Å². The third kappa shape index (κ3) is 3.31. The van der Waals surface area contributed by atoms with Gasteiger partial charge < -0.3 is 39.3 Å². The van der Waals surface area contributed by atoms with Crippen molar-refractivity contribution in [2.45, 2.75) is 74.3 Å². The van der Waals surface area contributed by atoms with Gasteiger partial charge in [0.25, 0.3) is 0 Å². The van der Waals surface area contributed by atoms with E-state index in [0.29, 0.717) is 24.2 Å². The van der Waals surface area contributed by atoms with Crippen molar-refractivity contribution in [1.82, 2.24) is 4.90 Å². The molecule has 6 aliphatic rings. The molecule has 1 aromatic rings. The standard InChI is InChI=1S/C33H48N2O8/c1-7-35-16-30(17-43-28(36)18-10-8-9-11-21(18)34)13-12-23(39-3)32-20-14-19-22(38-2)15-31(42-6,24(20)25(19)40-4)33(37,29(32)35)27(41-5)26(30)32/h8-11,19-20,22-27,29,37H,7,12-17,34H2,1-6H3/t19-,20-,22+,23+,24-,25+,26-,27+,29+,30+,31-,32+,33-/m1/s1. The van der Waals surface area contributed by atoms with E-state index in [4.69, 9.17) is 34.2 Å². The molecule has 7 bridgehead atoms. The summed E-state index contributed by atoms with van der Waals surface area (Å²) in [4.78, 5) is 15.9. The van der Waals surface area contributed by atoms with Crippen LogP contribution in [-0.4, -0.2) is 113 Å². The lowest BCUT2D eigenvalue weighted by molar-refractivity contribution is -0.326. The van der Waals surface area contributed by atoms with Crippen LogP contribution < -0.4 is 5.73 Å². The molecule has 0 radical (unpaired) electrons. The number of ether oxygens (including phenoxy) is 6. The molecule has 238 valence electrons. The zero-order valence-corrected chi connectivity index (χ0v) is 26.3. The molecule has 0 amide bonds. The summed E-state index contributed by atoms with van der Waals surface area (Å²) >= 11 is 0. The van der Waals surface area contributed by atoms with Gasteiger partial charge in [0.15, 0.2) is 0 Å². The number of hydrogen-bond donors (Lipinski definition) is 2. The Bertz CT molecular complexity index is 1270. The molecule has 13 atom stereocenters. The van der Waals surface area contributed by atoms with E-state index < -0.39 is 34.1 Å². The van der Waals surface area contributed by atoms with Gasteiger partial charge in [-0.05, 0) is 43.9 Å². The van der Waals surface area contributed by atoms with Gasteiger partial charge in [0.1, 0.15) is 11.2 Å². The van der Waals surface area contributed by atoms with Crippen LogP contribution in [0.1, 0.15) is 43.0 Å². The maximum Gasteiger partial charge on any atom is 0.340 e. The first kappa shape index (κ1) is 29.9. The number of para-hydroxylation sites is 1. The predicted molar refractivity (Wildman–Crippen MR) is 157 cm³/mol. The third-order valence-corrected chi connectivity index (χ3v) is 13.3. The fraction of sp³-hybridized carbons (Fsp3) is 0.788. The van der Waals surface area contributed by atoms with E-state index in [2.05, 4.69) is 11.8 Å². The number of nitrogens with zero attached hydrogens (tertiary/aromatic N) is 1. The molecular weight excluding hydrogens is 552 g/mol. The first-order valence-corrected chi connectivity index (χ1v) is 15.8. The second-order valence-corrected chi connectivity index (χ2v) is 14.0. The molecule has 43 heavy (non-hydrogen) atoms. The smallest absolute Gasteiger partial charge is 0.340 e. The highest BCUT2D eigenvalue weighted by atomic mass is 16.6. The van der Waals surface area contributed by atoms with Gasteiger partial charge in [0.2, 0.25) is 0 Å². The van der Waals surface area contributed by atoms with Crippen LogP contribution in [0.3, 0.4) is 0 Å². The molecule has 1 aromatic carbocycles. The molecule has 5 saturated carbocycles. The summed E-state index contributed by atoms with van der Waals surface area (Å²) in [6.45, 7) is 3.75. The fourth-order valence-electron chi connectivity index (χ4n) is 12.3. The highest BCUT2D eigenvalue weighted by Crippen LogP contribution is 2.81. The molecule has 10 heteroatoms. The van der Waals surface area contributed by atoms with Crippen LogP contribution in [0.4, 0.5) is 5.69 Å². The van der Waals surface area contributed by atoms with E-state index in [1.165, 1.54) is 0 Å². The maximum atomic E-state index is 13.6. The Hall–Kier alpha value is -1.79. The molecule has 5 aliphatic carbocycles. The Balaban J connectivity index is 1.43. The molecule has 1 aliphatic heterocycles. The van der Waals surface area contributed by atoms with Gasteiger partial charge in [-0.15, -0.1) is 0 Å². The number of methoxy groups -OCH3 is 5. The minimum Gasteiger partial charge on any atom is -0.461 e. The van der Waals surface area contributed by atoms with Gasteiger partial charge >= 0.3 is 5.97 Å². The van der Waals surface area contributed by atoms with Gasteiger partial charge in [-0.25, -0.2) is 4.79 Å². The quantitative estimate of drug-likeness (QED) is 0.323. The second kappa shape index (κ2) is 10.1. The number of carbonyl (C=O) groups excluding carboxylic acids is 1. The SMILES string of the molecule is CCN1C[C@]2(COC(=O)c3ccccc3N)CC[C@H](OC)[C@@]34[C@@H]5C[C@H]6[C@H](OC)[C@@H]5[C@](OC)(C[C@@H]6OC)[C@@](O)([C@@H](OC)[C@H]23)[C@@H]14. The number of hydrogen-bond acceptors (Lipinski definition) is 10. The van der Waals surface area contributed by atoms with Crippen molar-refractivity contribution in [3.8, 4) is 0 Å². The summed E-state index contributed by atoms with van der Waals surface area (Å²) < 4.78 is 38.3. The number of rotatable bonds is 9. The molecular formula is C33H48N2O8. The van der Waals surface area contributed by atoms with Crippen molar-refractivity contribution in [2.24, 2.45) is 34.5 Å². The number of nitrogens with two attached hydrogens (primary N) is 1. The largest absolute Gasteiger partial charge is 0.461 e. The number of anilines is 1. The zero-order valence-electron chi connectivity index (χ0n) is 26.3. The summed E-state index contributed by atoms with van der Waals surface area (Å²) in [7, 11) is 8.78. The summed E-state index contributed by atoms with van der Waals surface area (Å²) in [6, 6.07) is 6.75. The van der Waals surface area contributed by atoms with Crippen molar-refractivity contribution in [1.29, 1.82) is 0 Å². The van der Waals surface area contributed by atoms with E-state index in [1.54, 1.807) is 53.7 Å². The molecule has 1 heterocycles. The molecule has 0 unspecified atom stereocenters. The topological polar surface area (TPSA) is 122 Å². The highest BCUT2D eigenvalue weighted by Gasteiger charge is 2.92. The average Bonchev–Trinajstić information content (AvgIpc) is 3.42. The minimum atomic E-state index is -1.39. The number of nitrogen functional groups attached to an aromatic ring is 1. The van der Waals surface area contributed by atoms with Crippen molar-refractivity contribution in [2.75, 3.05) is 61.0 Å². The second-order valence-electron chi connectivity index (χ2n) is 14.0. The molecule has 10 nitrogen and oxygen atoms in total. The lowest BCUT2D eigenvalue weighted by Crippen LogP contribution is -2.82. The number of carbonyl (C=O) groups is 1. The number of esters is 1. The maximum absolute atomic E-state index is 13.6. The fourth-order valence-corrected chi connectivity index (χ4v) is 12.3. The van der Waals surface area contributed by atoms with Crippen LogP contribution in [0.5, 0.6) is 0 Å². The Morgan fingerprint density at radius 1 is 1.09 bits per heavy atom. The average molecular weight is 601 g/mol. The number of likely N-dealkylation sites (N-methyl/N-ethyl adjacent to an activating group) is 1. The first-order chi connectivity index (χ1) is 20.7. The van der Waals surface area contributed by atoms with Crippen LogP contribution in [0.25, 0.3) is 0 Å². The van der Waals surface area contributed by atoms with Crippen LogP contribution >= 0.6 is 0 Å². The Labute approximate surface area is 254 Å². The van der Waals surface area contributed by atoms with Crippen molar-refractivity contribution >= 4 is 11.7 Å². The molecule has 1 saturated heterocycles. The number of likely N-dealkylation sites (tertiary alicyclic amines) is 1. The molecule has 3 N–H and O–H groups in total. The summed E-state index contributed by atoms with van der Waals surface area (Å²) in [5, 5.41) is 13.6. The van der Waals surface area contributed by atoms with Gasteiger partial charge in [0, 0.05) is 82.8 Å². The van der Waals surface area contributed by atoms with Crippen LogP contribution in [0.2, 0.25) is 0 Å². The highest BCUT2D eigenvalue weighted by molar-refractivity contribution is 5.95. The van der Waals surface area contributed by atoms with Gasteiger partial charge in [0.05, 0.1) is 42.6 Å². The van der Waals surface area contributed by atoms with Crippen LogP contribution in [-0.2, 0) is 28.4 Å². The molecule has 6 fully saturated rings. The number of benzene rings is 1. The normalized spacial score (nSPS) is 49.2. The number of fused-ring (bicyclic) bond motifs is 2. The van der Waals surface area contributed by atoms with Crippen molar-refractivity contribution in [3.05, 3.63) is 29.8 Å². The number of aliphatic hydroxyl groups is 1. The van der Waals surface area contributed by atoms with Gasteiger partial charge in [-0.2, -0.15) is 0 Å². The predicted octanol–water partition coefficient (Wildman–Crippen LogP) is 2.37. The zero-order chi connectivity index (χ0) is 30.5. The minimum absolute atomic E-state index is 0.0697. The Morgan fingerprint density at radius 2 is 1.86 bits per heavy atom. The number of piperidine rings is 1. The molecule has 1 spiro atoms. The van der Waals surface area contributed by atoms with E-state index in [1.807, 2.05) is 6.07 Å². The van der Waals surface area contributed by atoms with E-state index >= 15 is 0 Å². The Kier molecular flexibility index (Phi) is 7.03. The molecule has 0 aromatic heterocycles. The lowest BCUT2D eigenvalue weighted by Gasteiger charge is -2.70. The third-order valence-electron chi connectivity index (χ3n) is 13.3. The first-order valence-electron chi connectivity index (χ1n) is 15.8. The summed E-state index contributed by atoms with van der Waals surface area (Å²) in [6.07, 6.45) is 2.09. The van der Waals surface area contributed by atoms with Crippen LogP contribution in [0, 0.1) is 34.5 Å². The van der Waals surface area contributed by atoms with Gasteiger partial charge in [-0.3, -0.25) is 4.90 Å². The van der Waals surface area contributed by atoms with Gasteiger partial charge in [-0.1, -0.05) is 19.1 Å². The van der Waals surface area contributed by atoms with E-state index in [0.717, 1.165) is 25.8 Å². The van der Waals surface area contributed by atoms with Crippen molar-refractivity contribution < 1.29 is 38.3 Å². The van der Waals surface area contributed by atoms with E-state index in [-0.39, 0.29) is 54.6 Å². The monoisotopic (exact) mass is 600 g/mol. The Morgan fingerprint density at radius 3 is 2.49 bits per heavy atom.